The first-order chi connectivity index (χ1) is 5.41. The molecule has 0 atom stereocenters. The van der Waals surface area contributed by atoms with Crippen molar-refractivity contribution in [1.29, 1.82) is 0 Å². The van der Waals surface area contributed by atoms with Gasteiger partial charge in [-0.2, -0.15) is 0 Å². The minimum atomic E-state index is -0.610. The predicted octanol–water partition coefficient (Wildman–Crippen LogP) is 0.383. The van der Waals surface area contributed by atoms with Gasteiger partial charge in [0.25, 0.3) is 0 Å². The maximum absolute atomic E-state index is 9.41. The molecule has 0 saturated carbocycles. The lowest BCUT2D eigenvalue weighted by molar-refractivity contribution is -0.100. The third-order valence-corrected chi connectivity index (χ3v) is 2.01. The van der Waals surface area contributed by atoms with Gasteiger partial charge in [-0.05, 0) is 13.8 Å². The molecule has 0 unspecified atom stereocenters. The Morgan fingerprint density at radius 2 is 2.08 bits per heavy atom. The van der Waals surface area contributed by atoms with E-state index < -0.39 is 5.60 Å². The molecule has 1 heterocycles. The molecule has 1 fully saturated rings. The van der Waals surface area contributed by atoms with Crippen molar-refractivity contribution in [2.24, 2.45) is 5.41 Å². The zero-order chi connectivity index (χ0) is 9.24. The van der Waals surface area contributed by atoms with Crippen LogP contribution in [0.4, 0.5) is 0 Å². The lowest BCUT2D eigenvalue weighted by Crippen LogP contribution is -2.49. The summed E-state index contributed by atoms with van der Waals surface area (Å²) in [4.78, 5) is 0. The SMILES string of the molecule is CC(C)(O)CNCC1(C)COC1. The quantitative estimate of drug-likeness (QED) is 0.646. The van der Waals surface area contributed by atoms with Gasteiger partial charge >= 0.3 is 0 Å². The number of ether oxygens (including phenoxy) is 1. The van der Waals surface area contributed by atoms with E-state index >= 15 is 0 Å². The third-order valence-electron chi connectivity index (χ3n) is 2.01. The highest BCUT2D eigenvalue weighted by Crippen LogP contribution is 2.25. The lowest BCUT2D eigenvalue weighted by atomic mass is 9.88. The Morgan fingerprint density at radius 1 is 1.50 bits per heavy atom. The Labute approximate surface area is 74.1 Å². The fourth-order valence-corrected chi connectivity index (χ4v) is 1.22. The number of aliphatic hydroxyl groups is 1. The van der Waals surface area contributed by atoms with Gasteiger partial charge in [0.05, 0.1) is 18.8 Å². The van der Waals surface area contributed by atoms with Crippen LogP contribution in [0.25, 0.3) is 0 Å². The molecule has 3 heteroatoms. The van der Waals surface area contributed by atoms with Crippen LogP contribution in [0.2, 0.25) is 0 Å². The van der Waals surface area contributed by atoms with Crippen molar-refractivity contribution in [3.05, 3.63) is 0 Å². The molecule has 0 aromatic rings. The van der Waals surface area contributed by atoms with Gasteiger partial charge in [0, 0.05) is 18.5 Å². The fourth-order valence-electron chi connectivity index (χ4n) is 1.22. The molecule has 0 radical (unpaired) electrons. The van der Waals surface area contributed by atoms with Gasteiger partial charge in [0.1, 0.15) is 0 Å². The van der Waals surface area contributed by atoms with E-state index in [4.69, 9.17) is 4.74 Å². The molecular formula is C9H19NO2. The molecule has 1 aliphatic heterocycles. The van der Waals surface area contributed by atoms with Gasteiger partial charge in [0.2, 0.25) is 0 Å². The Hall–Kier alpha value is -0.120. The number of hydrogen-bond donors (Lipinski definition) is 2. The van der Waals surface area contributed by atoms with E-state index in [1.165, 1.54) is 0 Å². The van der Waals surface area contributed by atoms with Crippen molar-refractivity contribution in [3.8, 4) is 0 Å². The van der Waals surface area contributed by atoms with Crippen molar-refractivity contribution < 1.29 is 9.84 Å². The summed E-state index contributed by atoms with van der Waals surface area (Å²) in [5.74, 6) is 0. The Bertz CT molecular complexity index is 147. The second kappa shape index (κ2) is 3.32. The molecule has 2 N–H and O–H groups in total. The van der Waals surface area contributed by atoms with Crippen LogP contribution in [0.1, 0.15) is 20.8 Å². The van der Waals surface area contributed by atoms with Crippen molar-refractivity contribution in [2.75, 3.05) is 26.3 Å². The molecule has 0 aromatic carbocycles. The Kier molecular flexibility index (Phi) is 2.76. The first kappa shape index (κ1) is 9.96. The molecule has 0 amide bonds. The van der Waals surface area contributed by atoms with Crippen LogP contribution < -0.4 is 5.32 Å². The topological polar surface area (TPSA) is 41.5 Å². The molecule has 0 aromatic heterocycles. The van der Waals surface area contributed by atoms with Gasteiger partial charge < -0.3 is 15.2 Å². The van der Waals surface area contributed by atoms with Gasteiger partial charge in [-0.1, -0.05) is 6.92 Å². The summed E-state index contributed by atoms with van der Waals surface area (Å²) in [6.45, 7) is 9.05. The second-order valence-electron chi connectivity index (χ2n) is 4.72. The van der Waals surface area contributed by atoms with Crippen molar-refractivity contribution in [3.63, 3.8) is 0 Å². The molecule has 0 aliphatic carbocycles. The number of rotatable bonds is 4. The minimum Gasteiger partial charge on any atom is -0.389 e. The van der Waals surface area contributed by atoms with E-state index in [1.54, 1.807) is 13.8 Å². The summed E-state index contributed by atoms with van der Waals surface area (Å²) in [6, 6.07) is 0. The zero-order valence-corrected chi connectivity index (χ0v) is 8.18. The van der Waals surface area contributed by atoms with E-state index in [0.29, 0.717) is 12.0 Å². The molecule has 72 valence electrons. The summed E-state index contributed by atoms with van der Waals surface area (Å²) in [7, 11) is 0. The molecule has 0 bridgehead atoms. The standard InChI is InChI=1S/C9H19NO2/c1-8(2,11)4-10-5-9(3)6-12-7-9/h10-11H,4-7H2,1-3H3. The Morgan fingerprint density at radius 3 is 2.42 bits per heavy atom. The van der Waals surface area contributed by atoms with Crippen molar-refractivity contribution in [1.82, 2.24) is 5.32 Å². The van der Waals surface area contributed by atoms with Crippen LogP contribution in [-0.2, 0) is 4.74 Å². The summed E-state index contributed by atoms with van der Waals surface area (Å²) in [5.41, 5.74) is -0.313. The first-order valence-corrected chi connectivity index (χ1v) is 4.42. The molecule has 3 nitrogen and oxygen atoms in total. The summed E-state index contributed by atoms with van der Waals surface area (Å²) in [5, 5.41) is 12.6. The molecule has 12 heavy (non-hydrogen) atoms. The monoisotopic (exact) mass is 173 g/mol. The van der Waals surface area contributed by atoms with E-state index in [1.807, 2.05) is 0 Å². The highest BCUT2D eigenvalue weighted by atomic mass is 16.5. The van der Waals surface area contributed by atoms with Crippen LogP contribution >= 0.6 is 0 Å². The average Bonchev–Trinajstić information content (AvgIpc) is 1.81. The minimum absolute atomic E-state index is 0.297. The second-order valence-corrected chi connectivity index (χ2v) is 4.72. The van der Waals surface area contributed by atoms with Gasteiger partial charge in [-0.15, -0.1) is 0 Å². The largest absolute Gasteiger partial charge is 0.389 e. The molecule has 1 rings (SSSR count). The molecule has 0 spiro atoms. The smallest absolute Gasteiger partial charge is 0.0715 e. The van der Waals surface area contributed by atoms with E-state index in [-0.39, 0.29) is 0 Å². The van der Waals surface area contributed by atoms with Crippen LogP contribution in [0.3, 0.4) is 0 Å². The van der Waals surface area contributed by atoms with E-state index in [2.05, 4.69) is 12.2 Å². The van der Waals surface area contributed by atoms with Crippen molar-refractivity contribution in [2.45, 2.75) is 26.4 Å². The molecular weight excluding hydrogens is 154 g/mol. The average molecular weight is 173 g/mol. The van der Waals surface area contributed by atoms with Crippen LogP contribution in [-0.4, -0.2) is 37.0 Å². The maximum atomic E-state index is 9.41. The predicted molar refractivity (Wildman–Crippen MR) is 48.1 cm³/mol. The summed E-state index contributed by atoms with van der Waals surface area (Å²) in [6.07, 6.45) is 0. The fraction of sp³-hybridized carbons (Fsp3) is 1.00. The lowest BCUT2D eigenvalue weighted by Gasteiger charge is -2.38. The first-order valence-electron chi connectivity index (χ1n) is 4.42. The van der Waals surface area contributed by atoms with Gasteiger partial charge in [-0.25, -0.2) is 0 Å². The Balaban J connectivity index is 2.10. The van der Waals surface area contributed by atoms with Gasteiger partial charge in [0.15, 0.2) is 0 Å². The van der Waals surface area contributed by atoms with Crippen LogP contribution in [0, 0.1) is 5.41 Å². The summed E-state index contributed by atoms with van der Waals surface area (Å²) >= 11 is 0. The van der Waals surface area contributed by atoms with Crippen LogP contribution in [0.15, 0.2) is 0 Å². The normalized spacial score (nSPS) is 22.0. The molecule has 1 saturated heterocycles. The highest BCUT2D eigenvalue weighted by molar-refractivity contribution is 4.84. The van der Waals surface area contributed by atoms with E-state index in [0.717, 1.165) is 19.8 Å². The van der Waals surface area contributed by atoms with E-state index in [9.17, 15) is 5.11 Å². The maximum Gasteiger partial charge on any atom is 0.0715 e. The van der Waals surface area contributed by atoms with Gasteiger partial charge in [-0.3, -0.25) is 0 Å². The molecule has 1 aliphatic rings. The number of hydrogen-bond acceptors (Lipinski definition) is 3. The summed E-state index contributed by atoms with van der Waals surface area (Å²) < 4.78 is 5.12. The van der Waals surface area contributed by atoms with Crippen LogP contribution in [0.5, 0.6) is 0 Å². The number of nitrogens with one attached hydrogen (secondary N) is 1. The zero-order valence-electron chi connectivity index (χ0n) is 8.18. The van der Waals surface area contributed by atoms with Crippen molar-refractivity contribution >= 4 is 0 Å². The highest BCUT2D eigenvalue weighted by Gasteiger charge is 2.33. The third kappa shape index (κ3) is 3.09.